The Morgan fingerprint density at radius 3 is 2.63 bits per heavy atom. The van der Waals surface area contributed by atoms with E-state index in [0.717, 1.165) is 23.4 Å². The van der Waals surface area contributed by atoms with Gasteiger partial charge in [-0.05, 0) is 68.9 Å². The summed E-state index contributed by atoms with van der Waals surface area (Å²) in [5.41, 5.74) is 3.71. The van der Waals surface area contributed by atoms with Gasteiger partial charge < -0.3 is 10.1 Å². The molecule has 156 valence electrons. The highest BCUT2D eigenvalue weighted by Crippen LogP contribution is 2.31. The summed E-state index contributed by atoms with van der Waals surface area (Å²) in [5.74, 6) is 1.20. The first-order chi connectivity index (χ1) is 14.3. The predicted molar refractivity (Wildman–Crippen MR) is 118 cm³/mol. The van der Waals surface area contributed by atoms with Gasteiger partial charge in [-0.2, -0.15) is 0 Å². The van der Waals surface area contributed by atoms with Crippen molar-refractivity contribution in [1.82, 2.24) is 5.32 Å². The number of aliphatic imine (C=N–C) groups is 1. The summed E-state index contributed by atoms with van der Waals surface area (Å²) in [6.45, 7) is 4.87. The number of carbonyl (C=O) groups excluding carboxylic acids is 2. The molecule has 0 spiro atoms. The zero-order valence-corrected chi connectivity index (χ0v) is 17.8. The molecule has 30 heavy (non-hydrogen) atoms. The third-order valence-corrected chi connectivity index (χ3v) is 5.71. The first-order valence-corrected chi connectivity index (χ1v) is 10.5. The van der Waals surface area contributed by atoms with Gasteiger partial charge in [0.2, 0.25) is 0 Å². The lowest BCUT2D eigenvalue weighted by Gasteiger charge is -2.29. The van der Waals surface area contributed by atoms with E-state index in [1.54, 1.807) is 31.4 Å². The van der Waals surface area contributed by atoms with Crippen LogP contribution >= 0.6 is 0 Å². The van der Waals surface area contributed by atoms with Crippen molar-refractivity contribution < 1.29 is 14.3 Å². The average Bonchev–Trinajstić information content (AvgIpc) is 3.55. The fourth-order valence-corrected chi connectivity index (χ4v) is 3.92. The second-order valence-corrected chi connectivity index (χ2v) is 8.90. The Hall–Kier alpha value is -2.95. The van der Waals surface area contributed by atoms with Crippen LogP contribution in [-0.2, 0) is 6.42 Å². The third kappa shape index (κ3) is 4.61. The Balaban J connectivity index is 1.55. The average molecular weight is 405 g/mol. The molecule has 1 heterocycles. The first-order valence-electron chi connectivity index (χ1n) is 10.5. The van der Waals surface area contributed by atoms with E-state index >= 15 is 0 Å². The van der Waals surface area contributed by atoms with Crippen molar-refractivity contribution in [1.29, 1.82) is 0 Å². The topological polar surface area (TPSA) is 67.8 Å². The molecule has 1 fully saturated rings. The molecule has 5 nitrogen and oxygen atoms in total. The number of methoxy groups -OCH3 is 1. The van der Waals surface area contributed by atoms with Gasteiger partial charge in [0.15, 0.2) is 5.78 Å². The number of fused-ring (bicyclic) bond motifs is 1. The second-order valence-electron chi connectivity index (χ2n) is 8.90. The number of nitrogens with one attached hydrogen (secondary N) is 1. The van der Waals surface area contributed by atoms with Gasteiger partial charge in [-0.3, -0.25) is 14.6 Å². The highest BCUT2D eigenvalue weighted by Gasteiger charge is 2.28. The molecule has 1 aliphatic heterocycles. The molecule has 2 aromatic carbocycles. The van der Waals surface area contributed by atoms with E-state index in [4.69, 9.17) is 9.73 Å². The van der Waals surface area contributed by atoms with Gasteiger partial charge in [0.25, 0.3) is 5.91 Å². The highest BCUT2D eigenvalue weighted by atomic mass is 16.5. The molecule has 5 heteroatoms. The van der Waals surface area contributed by atoms with E-state index in [0.29, 0.717) is 23.6 Å². The maximum absolute atomic E-state index is 13.1. The highest BCUT2D eigenvalue weighted by molar-refractivity contribution is 6.17. The molecule has 2 aromatic rings. The zero-order chi connectivity index (χ0) is 21.3. The van der Waals surface area contributed by atoms with Crippen LogP contribution in [0, 0.1) is 5.92 Å². The minimum Gasteiger partial charge on any atom is -0.497 e. The van der Waals surface area contributed by atoms with E-state index in [1.165, 1.54) is 18.4 Å². The van der Waals surface area contributed by atoms with Crippen LogP contribution in [0.4, 0.5) is 0 Å². The summed E-state index contributed by atoms with van der Waals surface area (Å²) in [6.07, 6.45) is 3.38. The summed E-state index contributed by atoms with van der Waals surface area (Å²) in [5, 5.41) is 2.96. The van der Waals surface area contributed by atoms with Crippen molar-refractivity contribution >= 4 is 17.4 Å². The molecule has 2 aliphatic rings. The van der Waals surface area contributed by atoms with Crippen LogP contribution in [0.2, 0.25) is 0 Å². The van der Waals surface area contributed by atoms with Gasteiger partial charge in [0.1, 0.15) is 5.75 Å². The molecule has 0 bridgehead atoms. The van der Waals surface area contributed by atoms with Crippen LogP contribution in [0.15, 0.2) is 47.5 Å². The molecule has 1 amide bonds. The number of hydrogen-bond acceptors (Lipinski definition) is 4. The summed E-state index contributed by atoms with van der Waals surface area (Å²) in [4.78, 5) is 30.4. The van der Waals surface area contributed by atoms with Gasteiger partial charge in [-0.15, -0.1) is 0 Å². The van der Waals surface area contributed by atoms with Gasteiger partial charge >= 0.3 is 0 Å². The maximum Gasteiger partial charge on any atom is 0.251 e. The molecule has 0 atom stereocenters. The van der Waals surface area contributed by atoms with Crippen LogP contribution in [0.3, 0.4) is 0 Å². The van der Waals surface area contributed by atoms with E-state index < -0.39 is 0 Å². The van der Waals surface area contributed by atoms with Crippen molar-refractivity contribution in [3.05, 3.63) is 64.7 Å². The number of rotatable bonds is 7. The number of Topliss-reactive ketones (excluding diaryl/α,β-unsaturated/α-hetero) is 1. The minimum atomic E-state index is -0.262. The summed E-state index contributed by atoms with van der Waals surface area (Å²) in [7, 11) is 1.64. The van der Waals surface area contributed by atoms with Crippen molar-refractivity contribution in [3.63, 3.8) is 0 Å². The van der Waals surface area contributed by atoms with Gasteiger partial charge in [0.05, 0.1) is 24.8 Å². The number of carbonyl (C=O) groups is 2. The van der Waals surface area contributed by atoms with Crippen molar-refractivity contribution in [2.45, 2.75) is 45.1 Å². The van der Waals surface area contributed by atoms with Crippen molar-refractivity contribution in [2.24, 2.45) is 10.9 Å². The number of ketones is 1. The first kappa shape index (κ1) is 20.3. The molecule has 1 saturated carbocycles. The van der Waals surface area contributed by atoms with Crippen LogP contribution in [-0.4, -0.2) is 36.6 Å². The van der Waals surface area contributed by atoms with Gasteiger partial charge in [-0.25, -0.2) is 0 Å². The molecule has 0 unspecified atom stereocenters. The number of benzene rings is 2. The standard InChI is InChI=1S/C25H28N2O3/c1-25(2)14-19-9-10-20(30-3)12-21(19)22(27-25)13-23(28)17-5-4-6-18(11-17)24(29)26-15-16-7-8-16/h4-6,9-12,16H,7-8,13-15H2,1-3H3,(H,26,29). The number of ether oxygens (including phenoxy) is 1. The van der Waals surface area contributed by atoms with Gasteiger partial charge in [-0.1, -0.05) is 18.2 Å². The maximum atomic E-state index is 13.1. The smallest absolute Gasteiger partial charge is 0.251 e. The van der Waals surface area contributed by atoms with E-state index in [9.17, 15) is 9.59 Å². The van der Waals surface area contributed by atoms with Gasteiger partial charge in [0, 0.05) is 23.2 Å². The molecule has 0 aromatic heterocycles. The van der Waals surface area contributed by atoms with E-state index in [-0.39, 0.29) is 23.7 Å². The Morgan fingerprint density at radius 1 is 1.13 bits per heavy atom. The predicted octanol–water partition coefficient (Wildman–Crippen LogP) is 4.23. The molecule has 1 aliphatic carbocycles. The molecule has 4 rings (SSSR count). The molecular weight excluding hydrogens is 376 g/mol. The SMILES string of the molecule is COc1ccc2c(c1)C(CC(=O)c1cccc(C(=O)NCC3CC3)c1)=NC(C)(C)C2. The van der Waals surface area contributed by atoms with Crippen molar-refractivity contribution in [2.75, 3.05) is 13.7 Å². The fourth-order valence-electron chi connectivity index (χ4n) is 3.92. The summed E-state index contributed by atoms with van der Waals surface area (Å²) in [6, 6.07) is 12.9. The minimum absolute atomic E-state index is 0.0444. The lowest BCUT2D eigenvalue weighted by Crippen LogP contribution is -2.30. The fraction of sp³-hybridized carbons (Fsp3) is 0.400. The Bertz CT molecular complexity index is 1020. The lowest BCUT2D eigenvalue weighted by molar-refractivity contribution is 0.0951. The Morgan fingerprint density at radius 2 is 1.90 bits per heavy atom. The number of amides is 1. The quantitative estimate of drug-likeness (QED) is 0.702. The monoisotopic (exact) mass is 404 g/mol. The Labute approximate surface area is 177 Å². The second kappa shape index (κ2) is 8.05. The van der Waals surface area contributed by atoms with Crippen molar-refractivity contribution in [3.8, 4) is 5.75 Å². The molecule has 1 N–H and O–H groups in total. The largest absolute Gasteiger partial charge is 0.497 e. The zero-order valence-electron chi connectivity index (χ0n) is 17.8. The van der Waals surface area contributed by atoms with Crippen LogP contribution in [0.25, 0.3) is 0 Å². The molecule has 0 saturated heterocycles. The molecular formula is C25H28N2O3. The summed E-state index contributed by atoms with van der Waals surface area (Å²) >= 11 is 0. The number of hydrogen-bond donors (Lipinski definition) is 1. The molecule has 0 radical (unpaired) electrons. The lowest BCUT2D eigenvalue weighted by atomic mass is 9.85. The summed E-state index contributed by atoms with van der Waals surface area (Å²) < 4.78 is 5.37. The third-order valence-electron chi connectivity index (χ3n) is 5.71. The Kier molecular flexibility index (Phi) is 5.46. The normalized spacial score (nSPS) is 17.0. The number of nitrogens with zero attached hydrogens (tertiary/aromatic N) is 1. The van der Waals surface area contributed by atoms with Crippen LogP contribution < -0.4 is 10.1 Å². The van der Waals surface area contributed by atoms with E-state index in [2.05, 4.69) is 25.2 Å². The van der Waals surface area contributed by atoms with Crippen LogP contribution in [0.1, 0.15) is 65.0 Å². The van der Waals surface area contributed by atoms with Crippen LogP contribution in [0.5, 0.6) is 5.75 Å². The van der Waals surface area contributed by atoms with E-state index in [1.807, 2.05) is 12.1 Å².